The highest BCUT2D eigenvalue weighted by Crippen LogP contribution is 2.26. The van der Waals surface area contributed by atoms with Crippen molar-refractivity contribution >= 4 is 28.9 Å². The van der Waals surface area contributed by atoms with Gasteiger partial charge in [0, 0.05) is 41.2 Å². The van der Waals surface area contributed by atoms with Crippen LogP contribution in [0, 0.1) is 0 Å². The summed E-state index contributed by atoms with van der Waals surface area (Å²) in [5, 5.41) is 3.54. The fourth-order valence-corrected chi connectivity index (χ4v) is 3.37. The zero-order chi connectivity index (χ0) is 19.3. The molecule has 3 aromatic rings. The lowest BCUT2D eigenvalue weighted by atomic mass is 10.1. The number of carbonyl (C=O) groups is 1. The number of halogens is 1. The monoisotopic (exact) mass is 393 g/mol. The molecule has 0 radical (unpaired) electrons. The van der Waals surface area contributed by atoms with Gasteiger partial charge in [-0.25, -0.2) is 0 Å². The molecule has 1 saturated heterocycles. The van der Waals surface area contributed by atoms with Crippen molar-refractivity contribution in [3.05, 3.63) is 77.4 Å². The van der Waals surface area contributed by atoms with Crippen LogP contribution in [0.2, 0.25) is 5.02 Å². The number of hydrogen-bond donors (Lipinski definition) is 1. The molecule has 2 heterocycles. The third-order valence-corrected chi connectivity index (χ3v) is 5.01. The molecule has 0 unspecified atom stereocenters. The first-order valence-corrected chi connectivity index (χ1v) is 9.53. The van der Waals surface area contributed by atoms with Crippen LogP contribution in [0.3, 0.4) is 0 Å². The summed E-state index contributed by atoms with van der Waals surface area (Å²) in [6.07, 6.45) is 1.57. The summed E-state index contributed by atoms with van der Waals surface area (Å²) in [5.74, 6) is -0.197. The molecule has 6 heteroatoms. The van der Waals surface area contributed by atoms with Gasteiger partial charge in [-0.3, -0.25) is 9.78 Å². The molecule has 0 aliphatic carbocycles. The molecule has 142 valence electrons. The summed E-state index contributed by atoms with van der Waals surface area (Å²) >= 11 is 6.21. The Labute approximate surface area is 168 Å². The summed E-state index contributed by atoms with van der Waals surface area (Å²) in [7, 11) is 0. The van der Waals surface area contributed by atoms with Gasteiger partial charge in [-0.1, -0.05) is 29.8 Å². The number of nitrogens with one attached hydrogen (secondary N) is 1. The molecule has 1 aliphatic heterocycles. The van der Waals surface area contributed by atoms with Crippen LogP contribution in [0.4, 0.5) is 11.4 Å². The van der Waals surface area contributed by atoms with Crippen LogP contribution in [0.1, 0.15) is 10.4 Å². The zero-order valence-corrected chi connectivity index (χ0v) is 16.0. The number of pyridine rings is 1. The molecule has 0 atom stereocenters. The van der Waals surface area contributed by atoms with Crippen molar-refractivity contribution in [2.24, 2.45) is 0 Å². The van der Waals surface area contributed by atoms with Crippen molar-refractivity contribution in [2.75, 3.05) is 36.5 Å². The van der Waals surface area contributed by atoms with Gasteiger partial charge in [-0.05, 0) is 42.5 Å². The first-order valence-electron chi connectivity index (χ1n) is 9.16. The lowest BCUT2D eigenvalue weighted by Gasteiger charge is -2.28. The highest BCUT2D eigenvalue weighted by Gasteiger charge is 2.12. The van der Waals surface area contributed by atoms with Crippen LogP contribution in [0.25, 0.3) is 11.3 Å². The number of hydrogen-bond acceptors (Lipinski definition) is 4. The predicted octanol–water partition coefficient (Wildman–Crippen LogP) is 4.49. The van der Waals surface area contributed by atoms with Gasteiger partial charge in [0.2, 0.25) is 0 Å². The van der Waals surface area contributed by atoms with E-state index in [9.17, 15) is 4.79 Å². The standard InChI is InChI=1S/C22H20ClN3O2/c23-20-4-2-1-3-19(20)21-10-5-16(15-24-21)22(27)25-17-6-8-18(9-7-17)26-11-13-28-14-12-26/h1-10,15H,11-14H2,(H,25,27). The van der Waals surface area contributed by atoms with E-state index >= 15 is 0 Å². The maximum absolute atomic E-state index is 12.5. The predicted molar refractivity (Wildman–Crippen MR) is 112 cm³/mol. The molecule has 1 amide bonds. The SMILES string of the molecule is O=C(Nc1ccc(N2CCOCC2)cc1)c1ccc(-c2ccccc2Cl)nc1. The number of carbonyl (C=O) groups excluding carboxylic acids is 1. The van der Waals surface area contributed by atoms with Gasteiger partial charge in [-0.15, -0.1) is 0 Å². The molecule has 1 fully saturated rings. The Kier molecular flexibility index (Phi) is 5.55. The molecule has 1 aromatic heterocycles. The van der Waals surface area contributed by atoms with Gasteiger partial charge < -0.3 is 15.0 Å². The second-order valence-corrected chi connectivity index (χ2v) is 6.92. The van der Waals surface area contributed by atoms with Gasteiger partial charge in [-0.2, -0.15) is 0 Å². The van der Waals surface area contributed by atoms with Crippen LogP contribution in [0.5, 0.6) is 0 Å². The number of rotatable bonds is 4. The van der Waals surface area contributed by atoms with Crippen molar-refractivity contribution in [1.82, 2.24) is 4.98 Å². The highest BCUT2D eigenvalue weighted by atomic mass is 35.5. The van der Waals surface area contributed by atoms with Crippen molar-refractivity contribution in [2.45, 2.75) is 0 Å². The Bertz CT molecular complexity index is 952. The van der Waals surface area contributed by atoms with Crippen molar-refractivity contribution in [3.63, 3.8) is 0 Å². The van der Waals surface area contributed by atoms with E-state index in [2.05, 4.69) is 15.2 Å². The summed E-state index contributed by atoms with van der Waals surface area (Å²) in [5.41, 5.74) is 3.95. The lowest BCUT2D eigenvalue weighted by molar-refractivity contribution is 0.102. The Hall–Kier alpha value is -2.89. The number of ether oxygens (including phenoxy) is 1. The molecule has 0 bridgehead atoms. The number of amides is 1. The van der Waals surface area contributed by atoms with Crippen LogP contribution >= 0.6 is 11.6 Å². The average molecular weight is 394 g/mol. The van der Waals surface area contributed by atoms with Crippen LogP contribution in [0.15, 0.2) is 66.9 Å². The molecular weight excluding hydrogens is 374 g/mol. The minimum Gasteiger partial charge on any atom is -0.378 e. The molecule has 0 saturated carbocycles. The summed E-state index contributed by atoms with van der Waals surface area (Å²) in [4.78, 5) is 19.2. The van der Waals surface area contributed by atoms with E-state index < -0.39 is 0 Å². The van der Waals surface area contributed by atoms with Gasteiger partial charge in [0.05, 0.1) is 24.5 Å². The third kappa shape index (κ3) is 4.16. The van der Waals surface area contributed by atoms with Gasteiger partial charge in [0.15, 0.2) is 0 Å². The summed E-state index contributed by atoms with van der Waals surface area (Å²) < 4.78 is 5.38. The van der Waals surface area contributed by atoms with E-state index in [-0.39, 0.29) is 5.91 Å². The normalized spacial score (nSPS) is 14.0. The van der Waals surface area contributed by atoms with E-state index in [1.54, 1.807) is 18.3 Å². The molecule has 1 aliphatic rings. The molecular formula is C22H20ClN3O2. The van der Waals surface area contributed by atoms with E-state index in [0.29, 0.717) is 10.6 Å². The fraction of sp³-hybridized carbons (Fsp3) is 0.182. The molecule has 2 aromatic carbocycles. The van der Waals surface area contributed by atoms with Crippen LogP contribution in [-0.2, 0) is 4.74 Å². The second kappa shape index (κ2) is 8.42. The van der Waals surface area contributed by atoms with Gasteiger partial charge >= 0.3 is 0 Å². The van der Waals surface area contributed by atoms with Crippen LogP contribution < -0.4 is 10.2 Å². The van der Waals surface area contributed by atoms with Crippen molar-refractivity contribution in [3.8, 4) is 11.3 Å². The Morgan fingerprint density at radius 1 is 1.00 bits per heavy atom. The second-order valence-electron chi connectivity index (χ2n) is 6.51. The quantitative estimate of drug-likeness (QED) is 0.709. The van der Waals surface area contributed by atoms with Crippen molar-refractivity contribution in [1.29, 1.82) is 0 Å². The molecule has 1 N–H and O–H groups in total. The Morgan fingerprint density at radius 3 is 2.43 bits per heavy atom. The van der Waals surface area contributed by atoms with Crippen molar-refractivity contribution < 1.29 is 9.53 Å². The average Bonchev–Trinajstić information content (AvgIpc) is 2.75. The number of morpholine rings is 1. The third-order valence-electron chi connectivity index (χ3n) is 4.68. The first kappa shape index (κ1) is 18.5. The number of aromatic nitrogens is 1. The lowest BCUT2D eigenvalue weighted by Crippen LogP contribution is -2.36. The number of nitrogens with zero attached hydrogens (tertiary/aromatic N) is 2. The maximum Gasteiger partial charge on any atom is 0.257 e. The number of anilines is 2. The fourth-order valence-electron chi connectivity index (χ4n) is 3.14. The summed E-state index contributed by atoms with van der Waals surface area (Å²) in [6, 6.07) is 18.9. The summed E-state index contributed by atoms with van der Waals surface area (Å²) in [6.45, 7) is 3.26. The number of benzene rings is 2. The van der Waals surface area contributed by atoms with E-state index in [1.165, 1.54) is 0 Å². The molecule has 5 nitrogen and oxygen atoms in total. The molecule has 0 spiro atoms. The Balaban J connectivity index is 1.43. The van der Waals surface area contributed by atoms with Gasteiger partial charge in [0.1, 0.15) is 0 Å². The largest absolute Gasteiger partial charge is 0.378 e. The highest BCUT2D eigenvalue weighted by molar-refractivity contribution is 6.33. The topological polar surface area (TPSA) is 54.5 Å². The first-order chi connectivity index (χ1) is 13.7. The van der Waals surface area contributed by atoms with Gasteiger partial charge in [0.25, 0.3) is 5.91 Å². The maximum atomic E-state index is 12.5. The van der Waals surface area contributed by atoms with E-state index in [4.69, 9.17) is 16.3 Å². The minimum atomic E-state index is -0.197. The van der Waals surface area contributed by atoms with Crippen LogP contribution in [-0.4, -0.2) is 37.2 Å². The van der Waals surface area contributed by atoms with E-state index in [0.717, 1.165) is 48.9 Å². The molecule has 4 rings (SSSR count). The smallest absolute Gasteiger partial charge is 0.257 e. The Morgan fingerprint density at radius 2 is 1.75 bits per heavy atom. The molecule has 28 heavy (non-hydrogen) atoms. The minimum absolute atomic E-state index is 0.197. The zero-order valence-electron chi connectivity index (χ0n) is 15.3. The van der Waals surface area contributed by atoms with E-state index in [1.807, 2.05) is 48.5 Å².